The van der Waals surface area contributed by atoms with E-state index >= 15 is 0 Å². The first-order chi connectivity index (χ1) is 13.4. The molecule has 0 saturated carbocycles. The molecule has 5 heteroatoms. The lowest BCUT2D eigenvalue weighted by Crippen LogP contribution is -2.09. The van der Waals surface area contributed by atoms with Gasteiger partial charge in [0.1, 0.15) is 16.5 Å². The first-order valence-corrected chi connectivity index (χ1v) is 10.1. The third-order valence-electron chi connectivity index (χ3n) is 4.50. The van der Waals surface area contributed by atoms with Crippen molar-refractivity contribution in [2.75, 3.05) is 0 Å². The van der Waals surface area contributed by atoms with Gasteiger partial charge >= 0.3 is 10.1 Å². The van der Waals surface area contributed by atoms with Crippen molar-refractivity contribution in [1.29, 1.82) is 0 Å². The van der Waals surface area contributed by atoms with Crippen molar-refractivity contribution in [3.8, 4) is 16.9 Å². The van der Waals surface area contributed by atoms with Crippen LogP contribution in [0.5, 0.6) is 5.75 Å². The summed E-state index contributed by atoms with van der Waals surface area (Å²) in [5.74, 6) is -0.0243. The molecule has 0 aliphatic heterocycles. The lowest BCUT2D eigenvalue weighted by atomic mass is 10.0. The molecule has 0 atom stereocenters. The van der Waals surface area contributed by atoms with Crippen LogP contribution in [0.15, 0.2) is 89.8 Å². The van der Waals surface area contributed by atoms with E-state index < -0.39 is 10.1 Å². The lowest BCUT2D eigenvalue weighted by Gasteiger charge is -2.09. The molecule has 4 aromatic rings. The molecule has 0 N–H and O–H groups in total. The van der Waals surface area contributed by atoms with Crippen molar-refractivity contribution in [2.24, 2.45) is 0 Å². The number of hydrogen-bond donors (Lipinski definition) is 0. The van der Waals surface area contributed by atoms with E-state index in [9.17, 15) is 12.8 Å². The summed E-state index contributed by atoms with van der Waals surface area (Å²) in [4.78, 5) is 0.116. The molecule has 0 unspecified atom stereocenters. The summed E-state index contributed by atoms with van der Waals surface area (Å²) < 4.78 is 43.3. The monoisotopic (exact) mass is 392 g/mol. The summed E-state index contributed by atoms with van der Waals surface area (Å²) in [6, 6.07) is 23.7. The molecule has 0 saturated heterocycles. The third-order valence-corrected chi connectivity index (χ3v) is 5.77. The van der Waals surface area contributed by atoms with Crippen molar-refractivity contribution in [3.63, 3.8) is 0 Å². The van der Waals surface area contributed by atoms with Gasteiger partial charge in [-0.1, -0.05) is 48.0 Å². The van der Waals surface area contributed by atoms with Crippen LogP contribution in [-0.2, 0) is 10.1 Å². The summed E-state index contributed by atoms with van der Waals surface area (Å²) in [6.45, 7) is 1.89. The molecular formula is C23H17FO3S. The van der Waals surface area contributed by atoms with Crippen LogP contribution in [0.2, 0.25) is 0 Å². The van der Waals surface area contributed by atoms with Crippen LogP contribution < -0.4 is 4.18 Å². The molecule has 4 aromatic carbocycles. The molecule has 0 aliphatic carbocycles. The smallest absolute Gasteiger partial charge is 0.339 e. The molecule has 0 bridgehead atoms. The van der Waals surface area contributed by atoms with Crippen molar-refractivity contribution in [2.45, 2.75) is 11.8 Å². The second kappa shape index (κ2) is 7.09. The Kier molecular flexibility index (Phi) is 4.61. The van der Waals surface area contributed by atoms with E-state index in [0.717, 1.165) is 27.5 Å². The SMILES string of the molecule is Cc1ccc(S(=O)(=O)Oc2ccc3cc(-c4ccc(F)cc4)ccc3c2)cc1. The number of aryl methyl sites for hydroxylation is 1. The van der Waals surface area contributed by atoms with Gasteiger partial charge in [-0.05, 0) is 71.3 Å². The van der Waals surface area contributed by atoms with Crippen molar-refractivity contribution < 1.29 is 17.0 Å². The molecule has 0 fully saturated rings. The largest absolute Gasteiger partial charge is 0.379 e. The Morgan fingerprint density at radius 2 is 1.32 bits per heavy atom. The molecular weight excluding hydrogens is 375 g/mol. The zero-order chi connectivity index (χ0) is 19.7. The second-order valence-corrected chi connectivity index (χ2v) is 8.13. The van der Waals surface area contributed by atoms with Crippen LogP contribution in [0.3, 0.4) is 0 Å². The van der Waals surface area contributed by atoms with Crippen LogP contribution in [0, 0.1) is 12.7 Å². The van der Waals surface area contributed by atoms with Gasteiger partial charge in [0, 0.05) is 0 Å². The lowest BCUT2D eigenvalue weighted by molar-refractivity contribution is 0.486. The fraction of sp³-hybridized carbons (Fsp3) is 0.0435. The molecule has 0 amide bonds. The quantitative estimate of drug-likeness (QED) is 0.417. The Bertz CT molecular complexity index is 1250. The van der Waals surface area contributed by atoms with Gasteiger partial charge < -0.3 is 4.18 Å². The fourth-order valence-corrected chi connectivity index (χ4v) is 3.90. The van der Waals surface area contributed by atoms with E-state index in [-0.39, 0.29) is 16.5 Å². The summed E-state index contributed by atoms with van der Waals surface area (Å²) in [7, 11) is -3.89. The Morgan fingerprint density at radius 1 is 0.714 bits per heavy atom. The zero-order valence-corrected chi connectivity index (χ0v) is 15.9. The molecule has 0 heterocycles. The predicted molar refractivity (Wildman–Crippen MR) is 108 cm³/mol. The van der Waals surface area contributed by atoms with Crippen LogP contribution in [0.1, 0.15) is 5.56 Å². The Morgan fingerprint density at radius 3 is 2.04 bits per heavy atom. The normalized spacial score (nSPS) is 11.5. The number of hydrogen-bond acceptors (Lipinski definition) is 3. The Balaban J connectivity index is 1.64. The fourth-order valence-electron chi connectivity index (χ4n) is 2.98. The first kappa shape index (κ1) is 18.2. The highest BCUT2D eigenvalue weighted by Gasteiger charge is 2.16. The Hall–Kier alpha value is -3.18. The standard InChI is InChI=1S/C23H17FO3S/c1-16-2-12-23(13-3-16)28(25,26)27-22-11-8-19-14-18(4-5-20(19)15-22)17-6-9-21(24)10-7-17/h2-15H,1H3. The van der Waals surface area contributed by atoms with Gasteiger partial charge in [0.15, 0.2) is 0 Å². The molecule has 0 aromatic heterocycles. The highest BCUT2D eigenvalue weighted by atomic mass is 32.2. The minimum Gasteiger partial charge on any atom is -0.379 e. The third kappa shape index (κ3) is 3.75. The van der Waals surface area contributed by atoms with Gasteiger partial charge in [0.25, 0.3) is 0 Å². The molecule has 28 heavy (non-hydrogen) atoms. The maximum Gasteiger partial charge on any atom is 0.339 e. The van der Waals surface area contributed by atoms with Gasteiger partial charge in [-0.2, -0.15) is 8.42 Å². The van der Waals surface area contributed by atoms with Crippen LogP contribution >= 0.6 is 0 Å². The zero-order valence-electron chi connectivity index (χ0n) is 15.1. The minimum atomic E-state index is -3.89. The van der Waals surface area contributed by atoms with E-state index in [1.165, 1.54) is 24.3 Å². The van der Waals surface area contributed by atoms with Crippen LogP contribution in [0.4, 0.5) is 4.39 Å². The van der Waals surface area contributed by atoms with Crippen LogP contribution in [0.25, 0.3) is 21.9 Å². The highest BCUT2D eigenvalue weighted by Crippen LogP contribution is 2.28. The molecule has 0 spiro atoms. The summed E-state index contributed by atoms with van der Waals surface area (Å²) in [6.07, 6.45) is 0. The summed E-state index contributed by atoms with van der Waals surface area (Å²) in [5.41, 5.74) is 2.83. The molecule has 0 radical (unpaired) electrons. The van der Waals surface area contributed by atoms with Crippen LogP contribution in [-0.4, -0.2) is 8.42 Å². The van der Waals surface area contributed by atoms with E-state index in [4.69, 9.17) is 4.18 Å². The molecule has 0 aliphatic rings. The molecule has 140 valence electrons. The average molecular weight is 392 g/mol. The van der Waals surface area contributed by atoms with E-state index in [1.807, 2.05) is 31.2 Å². The van der Waals surface area contributed by atoms with Crippen molar-refractivity contribution in [3.05, 3.63) is 96.3 Å². The number of rotatable bonds is 4. The maximum absolute atomic E-state index is 13.1. The second-order valence-electron chi connectivity index (χ2n) is 6.58. The minimum absolute atomic E-state index is 0.116. The van der Waals surface area contributed by atoms with E-state index in [2.05, 4.69) is 0 Å². The van der Waals surface area contributed by atoms with Gasteiger partial charge in [0.05, 0.1) is 0 Å². The number of benzene rings is 4. The molecule has 4 rings (SSSR count). The summed E-state index contributed by atoms with van der Waals surface area (Å²) in [5, 5.41) is 1.78. The predicted octanol–water partition coefficient (Wildman–Crippen LogP) is 5.72. The van der Waals surface area contributed by atoms with Crippen molar-refractivity contribution >= 4 is 20.9 Å². The molecule has 3 nitrogen and oxygen atoms in total. The summed E-state index contributed by atoms with van der Waals surface area (Å²) >= 11 is 0. The van der Waals surface area contributed by atoms with E-state index in [0.29, 0.717) is 0 Å². The first-order valence-electron chi connectivity index (χ1n) is 8.72. The van der Waals surface area contributed by atoms with Gasteiger partial charge in [-0.3, -0.25) is 0 Å². The van der Waals surface area contributed by atoms with Gasteiger partial charge in [-0.25, -0.2) is 4.39 Å². The van der Waals surface area contributed by atoms with Crippen molar-refractivity contribution in [1.82, 2.24) is 0 Å². The number of halogens is 1. The maximum atomic E-state index is 13.1. The topological polar surface area (TPSA) is 43.4 Å². The average Bonchev–Trinajstić information content (AvgIpc) is 2.68. The van der Waals surface area contributed by atoms with E-state index in [1.54, 1.807) is 36.4 Å². The number of fused-ring (bicyclic) bond motifs is 1. The van der Waals surface area contributed by atoms with Gasteiger partial charge in [-0.15, -0.1) is 0 Å². The highest BCUT2D eigenvalue weighted by molar-refractivity contribution is 7.87. The van der Waals surface area contributed by atoms with Gasteiger partial charge in [0.2, 0.25) is 0 Å². The Labute approximate surface area is 163 Å².